The van der Waals surface area contributed by atoms with Crippen LogP contribution >= 0.6 is 0 Å². The van der Waals surface area contributed by atoms with Crippen LogP contribution in [0.15, 0.2) is 78.9 Å². The summed E-state index contributed by atoms with van der Waals surface area (Å²) < 4.78 is 0. The average Bonchev–Trinajstić information content (AvgIpc) is 2.72. The zero-order valence-electron chi connectivity index (χ0n) is 15.1. The highest BCUT2D eigenvalue weighted by atomic mass is 16.6. The number of benzene rings is 3. The Morgan fingerprint density at radius 1 is 1.04 bits per heavy atom. The molecule has 1 N–H and O–H groups in total. The van der Waals surface area contributed by atoms with Crippen LogP contribution in [0.3, 0.4) is 0 Å². The minimum atomic E-state index is -0.437. The Labute approximate surface area is 162 Å². The standard InChI is InChI=1S/C22H18N2O4/c1-23(18-5-3-2-4-6-18)20-13-7-16(15-21(20)24(27)28)8-14-22(26)17-9-11-19(25)12-10-17/h2-15,25H,1H3. The summed E-state index contributed by atoms with van der Waals surface area (Å²) in [6.45, 7) is 0. The Morgan fingerprint density at radius 3 is 2.36 bits per heavy atom. The Morgan fingerprint density at radius 2 is 1.71 bits per heavy atom. The van der Waals surface area contributed by atoms with Gasteiger partial charge in [-0.05, 0) is 54.1 Å². The number of allylic oxidation sites excluding steroid dienone is 1. The molecule has 140 valence electrons. The summed E-state index contributed by atoms with van der Waals surface area (Å²) in [5.41, 5.74) is 2.20. The molecule has 0 heterocycles. The molecule has 3 rings (SSSR count). The van der Waals surface area contributed by atoms with Crippen molar-refractivity contribution in [2.75, 3.05) is 11.9 Å². The number of ketones is 1. The van der Waals surface area contributed by atoms with Gasteiger partial charge in [-0.25, -0.2) is 0 Å². The SMILES string of the molecule is CN(c1ccccc1)c1ccc(C=CC(=O)c2ccc(O)cc2)cc1[N+](=O)[O-]. The number of hydrogen-bond donors (Lipinski definition) is 1. The van der Waals surface area contributed by atoms with Gasteiger partial charge in [-0.3, -0.25) is 14.9 Å². The van der Waals surface area contributed by atoms with Crippen LogP contribution in [-0.2, 0) is 0 Å². The molecule has 0 unspecified atom stereocenters. The monoisotopic (exact) mass is 374 g/mol. The van der Waals surface area contributed by atoms with Crippen molar-refractivity contribution in [3.63, 3.8) is 0 Å². The highest BCUT2D eigenvalue weighted by Gasteiger charge is 2.18. The quantitative estimate of drug-likeness (QED) is 0.285. The first-order valence-corrected chi connectivity index (χ1v) is 8.54. The molecule has 0 amide bonds. The molecule has 0 fully saturated rings. The fraction of sp³-hybridized carbons (Fsp3) is 0.0455. The lowest BCUT2D eigenvalue weighted by Crippen LogP contribution is -2.11. The summed E-state index contributed by atoms with van der Waals surface area (Å²) in [4.78, 5) is 25.1. The topological polar surface area (TPSA) is 83.7 Å². The molecule has 3 aromatic carbocycles. The van der Waals surface area contributed by atoms with Gasteiger partial charge in [0.05, 0.1) is 4.92 Å². The summed E-state index contributed by atoms with van der Waals surface area (Å²) in [5.74, 6) is -0.178. The maximum Gasteiger partial charge on any atom is 0.293 e. The van der Waals surface area contributed by atoms with Crippen LogP contribution < -0.4 is 4.90 Å². The van der Waals surface area contributed by atoms with Gasteiger partial charge in [0.1, 0.15) is 11.4 Å². The van der Waals surface area contributed by atoms with Crippen molar-refractivity contribution < 1.29 is 14.8 Å². The third-order valence-electron chi connectivity index (χ3n) is 4.28. The van der Waals surface area contributed by atoms with Gasteiger partial charge >= 0.3 is 0 Å². The molecule has 6 nitrogen and oxygen atoms in total. The van der Waals surface area contributed by atoms with E-state index < -0.39 is 4.92 Å². The van der Waals surface area contributed by atoms with E-state index in [9.17, 15) is 20.0 Å². The van der Waals surface area contributed by atoms with Crippen LogP contribution in [0.25, 0.3) is 6.08 Å². The van der Waals surface area contributed by atoms with Crippen LogP contribution in [0, 0.1) is 10.1 Å². The molecule has 0 aliphatic heterocycles. The van der Waals surface area contributed by atoms with E-state index in [1.807, 2.05) is 30.3 Å². The highest BCUT2D eigenvalue weighted by molar-refractivity contribution is 6.06. The largest absolute Gasteiger partial charge is 0.508 e. The fourth-order valence-corrected chi connectivity index (χ4v) is 2.76. The molecule has 3 aromatic rings. The lowest BCUT2D eigenvalue weighted by Gasteiger charge is -2.19. The zero-order valence-corrected chi connectivity index (χ0v) is 15.1. The Balaban J connectivity index is 1.87. The molecular weight excluding hydrogens is 356 g/mol. The van der Waals surface area contributed by atoms with Crippen LogP contribution in [0.1, 0.15) is 15.9 Å². The average molecular weight is 374 g/mol. The van der Waals surface area contributed by atoms with Crippen LogP contribution in [-0.4, -0.2) is 22.9 Å². The predicted molar refractivity (Wildman–Crippen MR) is 109 cm³/mol. The van der Waals surface area contributed by atoms with Crippen molar-refractivity contribution in [2.24, 2.45) is 0 Å². The fourth-order valence-electron chi connectivity index (χ4n) is 2.76. The predicted octanol–water partition coefficient (Wildman–Crippen LogP) is 4.96. The molecule has 0 radical (unpaired) electrons. The molecule has 6 heteroatoms. The van der Waals surface area contributed by atoms with Crippen LogP contribution in [0.2, 0.25) is 0 Å². The summed E-state index contributed by atoms with van der Waals surface area (Å²) in [6.07, 6.45) is 2.89. The number of anilines is 2. The van der Waals surface area contributed by atoms with Crippen molar-refractivity contribution >= 4 is 28.9 Å². The molecule has 0 saturated carbocycles. The first kappa shape index (κ1) is 18.8. The number of carbonyl (C=O) groups excluding carboxylic acids is 1. The first-order chi connectivity index (χ1) is 13.5. The van der Waals surface area contributed by atoms with E-state index in [0.717, 1.165) is 5.69 Å². The van der Waals surface area contributed by atoms with Crippen molar-refractivity contribution in [3.05, 3.63) is 100 Å². The number of para-hydroxylation sites is 1. The van der Waals surface area contributed by atoms with Crippen LogP contribution in [0.4, 0.5) is 17.1 Å². The number of carbonyl (C=O) groups is 1. The Bertz CT molecular complexity index is 1030. The van der Waals surface area contributed by atoms with Gasteiger partial charge in [-0.1, -0.05) is 30.3 Å². The van der Waals surface area contributed by atoms with E-state index in [0.29, 0.717) is 16.8 Å². The minimum absolute atomic E-state index is 0.0504. The number of nitrogens with zero attached hydrogens (tertiary/aromatic N) is 2. The van der Waals surface area contributed by atoms with E-state index in [1.54, 1.807) is 24.1 Å². The number of nitro benzene ring substituents is 1. The Hall–Kier alpha value is -3.93. The summed E-state index contributed by atoms with van der Waals surface area (Å²) in [6, 6.07) is 20.1. The third kappa shape index (κ3) is 4.24. The summed E-state index contributed by atoms with van der Waals surface area (Å²) in [7, 11) is 1.77. The molecule has 0 saturated heterocycles. The van der Waals surface area contributed by atoms with E-state index in [-0.39, 0.29) is 17.2 Å². The van der Waals surface area contributed by atoms with Crippen molar-refractivity contribution in [1.29, 1.82) is 0 Å². The highest BCUT2D eigenvalue weighted by Crippen LogP contribution is 2.33. The van der Waals surface area contributed by atoms with Gasteiger partial charge in [0.15, 0.2) is 5.78 Å². The third-order valence-corrected chi connectivity index (χ3v) is 4.28. The molecule has 0 spiro atoms. The molecule has 0 bridgehead atoms. The second-order valence-corrected chi connectivity index (χ2v) is 6.14. The first-order valence-electron chi connectivity index (χ1n) is 8.54. The van der Waals surface area contributed by atoms with Crippen molar-refractivity contribution in [1.82, 2.24) is 0 Å². The van der Waals surface area contributed by atoms with Gasteiger partial charge in [0.25, 0.3) is 5.69 Å². The van der Waals surface area contributed by atoms with Crippen molar-refractivity contribution in [3.8, 4) is 5.75 Å². The van der Waals surface area contributed by atoms with E-state index in [1.165, 1.54) is 42.5 Å². The Kier molecular flexibility index (Phi) is 5.50. The molecule has 0 aliphatic carbocycles. The summed E-state index contributed by atoms with van der Waals surface area (Å²) in [5, 5.41) is 20.9. The van der Waals surface area contributed by atoms with E-state index >= 15 is 0 Å². The number of phenolic OH excluding ortho intramolecular Hbond substituents is 1. The van der Waals surface area contributed by atoms with Gasteiger partial charge in [0.2, 0.25) is 0 Å². The lowest BCUT2D eigenvalue weighted by molar-refractivity contribution is -0.384. The minimum Gasteiger partial charge on any atom is -0.508 e. The van der Waals surface area contributed by atoms with Gasteiger partial charge in [-0.2, -0.15) is 0 Å². The molecule has 0 aromatic heterocycles. The van der Waals surface area contributed by atoms with Gasteiger partial charge < -0.3 is 10.0 Å². The van der Waals surface area contributed by atoms with E-state index in [2.05, 4.69) is 0 Å². The van der Waals surface area contributed by atoms with Crippen molar-refractivity contribution in [2.45, 2.75) is 0 Å². The van der Waals surface area contributed by atoms with Gasteiger partial charge in [0, 0.05) is 24.4 Å². The molecule has 0 aliphatic rings. The second-order valence-electron chi connectivity index (χ2n) is 6.14. The number of aromatic hydroxyl groups is 1. The lowest BCUT2D eigenvalue weighted by atomic mass is 10.1. The number of phenols is 1. The number of rotatable bonds is 6. The maximum absolute atomic E-state index is 12.2. The molecule has 0 atom stereocenters. The summed E-state index contributed by atoms with van der Waals surface area (Å²) >= 11 is 0. The maximum atomic E-state index is 12.2. The molecular formula is C22H18N2O4. The molecule has 28 heavy (non-hydrogen) atoms. The smallest absolute Gasteiger partial charge is 0.293 e. The van der Waals surface area contributed by atoms with Crippen LogP contribution in [0.5, 0.6) is 5.75 Å². The van der Waals surface area contributed by atoms with Gasteiger partial charge in [-0.15, -0.1) is 0 Å². The zero-order chi connectivity index (χ0) is 20.1. The second kappa shape index (κ2) is 8.18. The number of nitro groups is 1. The normalized spacial score (nSPS) is 10.8. The number of hydrogen-bond acceptors (Lipinski definition) is 5. The van der Waals surface area contributed by atoms with E-state index in [4.69, 9.17) is 0 Å².